The van der Waals surface area contributed by atoms with Crippen LogP contribution in [0.1, 0.15) is 0 Å². The maximum absolute atomic E-state index is 5.68. The van der Waals surface area contributed by atoms with Gasteiger partial charge in [0.15, 0.2) is 0 Å². The van der Waals surface area contributed by atoms with Gasteiger partial charge >= 0.3 is 5.96 Å². The van der Waals surface area contributed by atoms with E-state index in [1.165, 1.54) is 11.3 Å². The number of fused-ring (bicyclic) bond motifs is 1. The first-order valence-corrected chi connectivity index (χ1v) is 3.37. The summed E-state index contributed by atoms with van der Waals surface area (Å²) in [7, 11) is 1.76. The van der Waals surface area contributed by atoms with Crippen molar-refractivity contribution in [2.24, 2.45) is 27.3 Å². The van der Waals surface area contributed by atoms with E-state index in [2.05, 4.69) is 9.98 Å². The molecule has 0 aromatic heterocycles. The van der Waals surface area contributed by atoms with Gasteiger partial charge in [0.2, 0.25) is 0 Å². The van der Waals surface area contributed by atoms with Gasteiger partial charge in [0.05, 0.1) is 0 Å². The van der Waals surface area contributed by atoms with Crippen LogP contribution < -0.4 is 17.3 Å². The summed E-state index contributed by atoms with van der Waals surface area (Å²) < 4.78 is 0.0475. The minimum Gasteiger partial charge on any atom is -0.364 e. The summed E-state index contributed by atoms with van der Waals surface area (Å²) >= 11 is 0. The predicted octanol–water partition coefficient (Wildman–Crippen LogP) is -2.02. The highest BCUT2D eigenvalue weighted by molar-refractivity contribution is 5.95. The number of rotatable bonds is 0. The number of hydrazine groups is 1. The van der Waals surface area contributed by atoms with Gasteiger partial charge in [-0.05, 0) is 0 Å². The van der Waals surface area contributed by atoms with Gasteiger partial charge in [-0.15, -0.1) is 10.1 Å². The Morgan fingerprint density at radius 3 is 2.75 bits per heavy atom. The monoisotopic (exact) mass is 168 g/mol. The summed E-state index contributed by atoms with van der Waals surface area (Å²) in [4.78, 5) is 7.90. The Balaban J connectivity index is 2.52. The Morgan fingerprint density at radius 2 is 2.17 bits per heavy atom. The lowest BCUT2D eigenvalue weighted by Crippen LogP contribution is -2.62. The second kappa shape index (κ2) is 1.76. The normalized spacial score (nSPS) is 32.8. The molecule has 2 rings (SSSR count). The molecule has 0 aromatic carbocycles. The van der Waals surface area contributed by atoms with Crippen LogP contribution in [0.2, 0.25) is 0 Å². The highest BCUT2D eigenvalue weighted by Crippen LogP contribution is 2.24. The molecule has 0 aliphatic carbocycles. The third kappa shape index (κ3) is 0.532. The van der Waals surface area contributed by atoms with Gasteiger partial charge in [-0.1, -0.05) is 4.59 Å². The largest absolute Gasteiger partial charge is 0.365 e. The molecule has 0 saturated carbocycles. The summed E-state index contributed by atoms with van der Waals surface area (Å²) in [5.41, 5.74) is 11.2. The molecular formula is C5H10N7+. The van der Waals surface area contributed by atoms with Crippen LogP contribution in [-0.2, 0) is 0 Å². The second-order valence-corrected chi connectivity index (χ2v) is 2.76. The fourth-order valence-corrected chi connectivity index (χ4v) is 1.17. The second-order valence-electron chi connectivity index (χ2n) is 2.76. The molecule has 0 bridgehead atoms. The molecule has 1 atom stereocenters. The molecular weight excluding hydrogens is 158 g/mol. The molecule has 0 aromatic rings. The van der Waals surface area contributed by atoms with E-state index >= 15 is 0 Å². The van der Waals surface area contributed by atoms with Crippen molar-refractivity contribution in [2.75, 3.05) is 7.05 Å². The molecule has 1 unspecified atom stereocenters. The van der Waals surface area contributed by atoms with Crippen LogP contribution in [0.15, 0.2) is 22.0 Å². The van der Waals surface area contributed by atoms with Crippen molar-refractivity contribution in [3.05, 3.63) is 12.0 Å². The number of nitrogens with zero attached hydrogens (tertiary/aromatic N) is 4. The van der Waals surface area contributed by atoms with Gasteiger partial charge in [-0.2, -0.15) is 10.8 Å². The quantitative estimate of drug-likeness (QED) is 0.286. The number of hydrogen-bond acceptors (Lipinski definition) is 6. The van der Waals surface area contributed by atoms with E-state index in [0.29, 0.717) is 11.8 Å². The van der Waals surface area contributed by atoms with E-state index in [-0.39, 0.29) is 10.6 Å². The van der Waals surface area contributed by atoms with Crippen molar-refractivity contribution in [3.8, 4) is 0 Å². The SMILES string of the molecule is C[N+]12C(N)=CN=C1N=C(N)N2N. The average molecular weight is 168 g/mol. The van der Waals surface area contributed by atoms with Crippen molar-refractivity contribution < 1.29 is 4.59 Å². The Labute approximate surface area is 69.0 Å². The van der Waals surface area contributed by atoms with Gasteiger partial charge in [-0.3, -0.25) is 0 Å². The van der Waals surface area contributed by atoms with E-state index in [0.717, 1.165) is 0 Å². The molecule has 6 N–H and O–H groups in total. The van der Waals surface area contributed by atoms with Crippen LogP contribution in [0.5, 0.6) is 0 Å². The highest BCUT2D eigenvalue weighted by Gasteiger charge is 2.49. The zero-order chi connectivity index (χ0) is 8.93. The lowest BCUT2D eigenvalue weighted by molar-refractivity contribution is -0.889. The molecule has 0 fully saturated rings. The summed E-state index contributed by atoms with van der Waals surface area (Å²) in [5.74, 6) is 6.84. The molecule has 0 spiro atoms. The van der Waals surface area contributed by atoms with E-state index in [9.17, 15) is 0 Å². The summed E-state index contributed by atoms with van der Waals surface area (Å²) in [6, 6.07) is 0. The standard InChI is InChI=1S/C5H10N7/c1-12-3(6)2-9-5(12)10-4(7)11(12)8/h2H,6,8H2,1H3,(H2,7,9,10)/q+1. The molecule has 2 aliphatic rings. The fourth-order valence-electron chi connectivity index (χ4n) is 1.17. The number of aliphatic imine (C=N–C) groups is 2. The van der Waals surface area contributed by atoms with Crippen LogP contribution >= 0.6 is 0 Å². The molecule has 7 heteroatoms. The smallest absolute Gasteiger partial charge is 0.364 e. The molecule has 0 saturated heterocycles. The Bertz CT molecular complexity index is 327. The fraction of sp³-hybridized carbons (Fsp3) is 0.200. The van der Waals surface area contributed by atoms with Crippen LogP contribution in [0, 0.1) is 0 Å². The number of hydrogen-bond donors (Lipinski definition) is 3. The van der Waals surface area contributed by atoms with E-state index < -0.39 is 0 Å². The van der Waals surface area contributed by atoms with E-state index in [1.54, 1.807) is 7.05 Å². The average Bonchev–Trinajstić information content (AvgIpc) is 2.41. The van der Waals surface area contributed by atoms with Crippen molar-refractivity contribution >= 4 is 11.9 Å². The summed E-state index contributed by atoms with van der Waals surface area (Å²) in [6.45, 7) is 0. The van der Waals surface area contributed by atoms with Crippen molar-refractivity contribution in [1.82, 2.24) is 5.12 Å². The minimum atomic E-state index is 0.0475. The highest BCUT2D eigenvalue weighted by atomic mass is 15.9. The lowest BCUT2D eigenvalue weighted by Gasteiger charge is -2.28. The lowest BCUT2D eigenvalue weighted by atomic mass is 10.6. The third-order valence-electron chi connectivity index (χ3n) is 2.08. The van der Waals surface area contributed by atoms with Gasteiger partial charge in [0, 0.05) is 0 Å². The Hall–Kier alpha value is -1.60. The Morgan fingerprint density at radius 1 is 1.50 bits per heavy atom. The minimum absolute atomic E-state index is 0.0475. The molecule has 12 heavy (non-hydrogen) atoms. The maximum atomic E-state index is 5.68. The first-order valence-electron chi connectivity index (χ1n) is 3.37. The van der Waals surface area contributed by atoms with Gasteiger partial charge < -0.3 is 11.5 Å². The Kier molecular flexibility index (Phi) is 1.04. The molecule has 2 heterocycles. The number of guanidine groups is 2. The summed E-state index contributed by atoms with van der Waals surface area (Å²) in [6.07, 6.45) is 1.52. The first kappa shape index (κ1) is 7.07. The topological polar surface area (TPSA) is 106 Å². The van der Waals surface area contributed by atoms with Crippen LogP contribution in [0.25, 0.3) is 0 Å². The molecule has 0 radical (unpaired) electrons. The molecule has 64 valence electrons. The zero-order valence-corrected chi connectivity index (χ0v) is 6.60. The van der Waals surface area contributed by atoms with Crippen molar-refractivity contribution in [1.29, 1.82) is 0 Å². The first-order chi connectivity index (χ1) is 5.56. The number of quaternary nitrogens is 1. The number of nitrogens with two attached hydrogens (primary N) is 3. The predicted molar refractivity (Wildman–Crippen MR) is 43.5 cm³/mol. The zero-order valence-electron chi connectivity index (χ0n) is 6.60. The van der Waals surface area contributed by atoms with E-state index in [1.807, 2.05) is 0 Å². The van der Waals surface area contributed by atoms with Crippen LogP contribution in [0.4, 0.5) is 0 Å². The van der Waals surface area contributed by atoms with Crippen molar-refractivity contribution in [2.45, 2.75) is 0 Å². The molecule has 2 aliphatic heterocycles. The van der Waals surface area contributed by atoms with Gasteiger partial charge in [0.1, 0.15) is 13.2 Å². The third-order valence-corrected chi connectivity index (χ3v) is 2.08. The molecule has 7 nitrogen and oxygen atoms in total. The van der Waals surface area contributed by atoms with Gasteiger partial charge in [0.25, 0.3) is 11.8 Å². The van der Waals surface area contributed by atoms with E-state index in [4.69, 9.17) is 17.3 Å². The maximum Gasteiger partial charge on any atom is 0.365 e. The van der Waals surface area contributed by atoms with Gasteiger partial charge in [-0.25, -0.2) is 0 Å². The van der Waals surface area contributed by atoms with Crippen molar-refractivity contribution in [3.63, 3.8) is 0 Å². The molecule has 0 amide bonds. The summed E-state index contributed by atoms with van der Waals surface area (Å²) in [5, 5.41) is 1.26. The van der Waals surface area contributed by atoms with Crippen LogP contribution in [0.3, 0.4) is 0 Å². The van der Waals surface area contributed by atoms with Crippen LogP contribution in [-0.4, -0.2) is 28.7 Å².